The Balaban J connectivity index is 2.16. The predicted octanol–water partition coefficient (Wildman–Crippen LogP) is 4.31. The lowest BCUT2D eigenvalue weighted by Crippen LogP contribution is -2.46. The zero-order valence-corrected chi connectivity index (χ0v) is 19.1. The van der Waals surface area contributed by atoms with Crippen LogP contribution in [0.4, 0.5) is 0 Å². The normalized spacial score (nSPS) is 13.2. The van der Waals surface area contributed by atoms with Crippen LogP contribution in [0, 0.1) is 5.92 Å². The summed E-state index contributed by atoms with van der Waals surface area (Å²) < 4.78 is 16.1. The fourth-order valence-corrected chi connectivity index (χ4v) is 3.21. The molecule has 2 rings (SSSR count). The van der Waals surface area contributed by atoms with Gasteiger partial charge in [-0.15, -0.1) is 0 Å². The van der Waals surface area contributed by atoms with E-state index in [1.807, 2.05) is 30.3 Å². The van der Waals surface area contributed by atoms with Gasteiger partial charge >= 0.3 is 11.9 Å². The molecule has 2 unspecified atom stereocenters. The molecule has 168 valence electrons. The second-order valence-electron chi connectivity index (χ2n) is 8.26. The molecule has 0 amide bonds. The van der Waals surface area contributed by atoms with E-state index in [1.165, 1.54) is 0 Å². The van der Waals surface area contributed by atoms with E-state index in [2.05, 4.69) is 0 Å². The third-order valence-corrected chi connectivity index (χ3v) is 4.99. The number of benzene rings is 2. The zero-order valence-electron chi connectivity index (χ0n) is 18.4. The second-order valence-corrected chi connectivity index (χ2v) is 8.66. The number of hydrogen-bond donors (Lipinski definition) is 1. The van der Waals surface area contributed by atoms with Gasteiger partial charge in [0, 0.05) is 5.02 Å². The van der Waals surface area contributed by atoms with E-state index in [9.17, 15) is 9.59 Å². The van der Waals surface area contributed by atoms with Crippen molar-refractivity contribution in [3.8, 4) is 5.75 Å². The average Bonchev–Trinajstić information content (AvgIpc) is 2.72. The predicted molar refractivity (Wildman–Crippen MR) is 120 cm³/mol. The first-order valence-corrected chi connectivity index (χ1v) is 10.5. The summed E-state index contributed by atoms with van der Waals surface area (Å²) in [5, 5.41) is 0.544. The van der Waals surface area contributed by atoms with Gasteiger partial charge in [-0.3, -0.25) is 9.59 Å². The largest absolute Gasteiger partial charge is 0.497 e. The molecule has 2 aromatic rings. The van der Waals surface area contributed by atoms with E-state index in [-0.39, 0.29) is 13.0 Å². The van der Waals surface area contributed by atoms with Gasteiger partial charge in [-0.05, 0) is 62.9 Å². The van der Waals surface area contributed by atoms with Crippen molar-refractivity contribution in [3.05, 3.63) is 64.7 Å². The van der Waals surface area contributed by atoms with Crippen molar-refractivity contribution in [1.29, 1.82) is 0 Å². The summed E-state index contributed by atoms with van der Waals surface area (Å²) in [5.74, 6) is -1.44. The third kappa shape index (κ3) is 7.89. The standard InChI is InChI=1S/C24H30ClNO5/c1-24(2,3)31-23(28)21(26)19(22(27)30-15-16-8-6-5-7-9-16)12-10-17-14-18(29-4)11-13-20(17)25/h5-9,11,13-14,19,21H,10,12,15,26H2,1-4H3. The Morgan fingerprint density at radius 2 is 1.74 bits per heavy atom. The molecule has 0 radical (unpaired) electrons. The lowest BCUT2D eigenvalue weighted by Gasteiger charge is -2.26. The van der Waals surface area contributed by atoms with Crippen LogP contribution in [0.3, 0.4) is 0 Å². The maximum Gasteiger partial charge on any atom is 0.324 e. The molecule has 2 N–H and O–H groups in total. The Morgan fingerprint density at radius 1 is 1.06 bits per heavy atom. The van der Waals surface area contributed by atoms with Crippen LogP contribution >= 0.6 is 11.6 Å². The molecule has 0 bridgehead atoms. The van der Waals surface area contributed by atoms with Crippen molar-refractivity contribution in [3.63, 3.8) is 0 Å². The van der Waals surface area contributed by atoms with Gasteiger partial charge in [0.25, 0.3) is 0 Å². The summed E-state index contributed by atoms with van der Waals surface area (Å²) in [6.45, 7) is 5.33. The van der Waals surface area contributed by atoms with Gasteiger partial charge in [0.2, 0.25) is 0 Å². The minimum atomic E-state index is -1.16. The molecule has 0 aliphatic heterocycles. The Hall–Kier alpha value is -2.57. The lowest BCUT2D eigenvalue weighted by atomic mass is 9.92. The molecule has 7 heteroatoms. The lowest BCUT2D eigenvalue weighted by molar-refractivity contribution is -0.164. The molecule has 0 heterocycles. The van der Waals surface area contributed by atoms with Crippen molar-refractivity contribution in [2.24, 2.45) is 11.7 Å². The highest BCUT2D eigenvalue weighted by molar-refractivity contribution is 6.31. The Labute approximate surface area is 188 Å². The number of methoxy groups -OCH3 is 1. The molecule has 0 aromatic heterocycles. The third-order valence-electron chi connectivity index (χ3n) is 4.62. The number of rotatable bonds is 9. The average molecular weight is 448 g/mol. The fraction of sp³-hybridized carbons (Fsp3) is 0.417. The summed E-state index contributed by atoms with van der Waals surface area (Å²) in [4.78, 5) is 25.4. The molecule has 0 aliphatic rings. The minimum Gasteiger partial charge on any atom is -0.497 e. The van der Waals surface area contributed by atoms with Gasteiger partial charge in [-0.2, -0.15) is 0 Å². The molecule has 0 fully saturated rings. The topological polar surface area (TPSA) is 87.9 Å². The monoisotopic (exact) mass is 447 g/mol. The highest BCUT2D eigenvalue weighted by Crippen LogP contribution is 2.26. The Bertz CT molecular complexity index is 879. The minimum absolute atomic E-state index is 0.0944. The molecule has 0 saturated carbocycles. The highest BCUT2D eigenvalue weighted by Gasteiger charge is 2.35. The Kier molecular flexibility index (Phi) is 8.89. The molecule has 6 nitrogen and oxygen atoms in total. The molecule has 31 heavy (non-hydrogen) atoms. The number of aryl methyl sites for hydroxylation is 1. The number of esters is 2. The van der Waals surface area contributed by atoms with Gasteiger partial charge in [0.1, 0.15) is 24.0 Å². The van der Waals surface area contributed by atoms with Gasteiger partial charge in [0.15, 0.2) is 0 Å². The number of ether oxygens (including phenoxy) is 3. The van der Waals surface area contributed by atoms with Crippen LogP contribution in [0.1, 0.15) is 38.3 Å². The van der Waals surface area contributed by atoms with Crippen LogP contribution < -0.4 is 10.5 Å². The molecular weight excluding hydrogens is 418 g/mol. The first-order valence-electron chi connectivity index (χ1n) is 10.1. The summed E-state index contributed by atoms with van der Waals surface area (Å²) in [5.41, 5.74) is 7.08. The van der Waals surface area contributed by atoms with Crippen LogP contribution in [0.15, 0.2) is 48.5 Å². The second kappa shape index (κ2) is 11.2. The number of carbonyl (C=O) groups excluding carboxylic acids is 2. The molecule has 2 aromatic carbocycles. The SMILES string of the molecule is COc1ccc(Cl)c(CCC(C(=O)OCc2ccccc2)C(N)C(=O)OC(C)(C)C)c1. The molecule has 0 saturated heterocycles. The quantitative estimate of drug-likeness (QED) is 0.576. The first kappa shape index (κ1) is 24.7. The Morgan fingerprint density at radius 3 is 2.35 bits per heavy atom. The van der Waals surface area contributed by atoms with Crippen molar-refractivity contribution < 1.29 is 23.8 Å². The maximum absolute atomic E-state index is 12.9. The molecule has 2 atom stereocenters. The smallest absolute Gasteiger partial charge is 0.324 e. The van der Waals surface area contributed by atoms with E-state index in [0.29, 0.717) is 17.2 Å². The van der Waals surface area contributed by atoms with Gasteiger partial charge < -0.3 is 19.9 Å². The fourth-order valence-electron chi connectivity index (χ4n) is 2.99. The van der Waals surface area contributed by atoms with Crippen molar-refractivity contribution in [2.75, 3.05) is 7.11 Å². The van der Waals surface area contributed by atoms with Crippen LogP contribution in [-0.2, 0) is 32.1 Å². The van der Waals surface area contributed by atoms with E-state index >= 15 is 0 Å². The van der Waals surface area contributed by atoms with Crippen LogP contribution in [0.25, 0.3) is 0 Å². The molecule has 0 spiro atoms. The number of carbonyl (C=O) groups is 2. The van der Waals surface area contributed by atoms with Crippen LogP contribution in [-0.4, -0.2) is 30.7 Å². The number of hydrogen-bond acceptors (Lipinski definition) is 6. The van der Waals surface area contributed by atoms with E-state index in [4.69, 9.17) is 31.5 Å². The summed E-state index contributed by atoms with van der Waals surface area (Å²) in [6.07, 6.45) is 0.679. The summed E-state index contributed by atoms with van der Waals surface area (Å²) >= 11 is 6.29. The maximum atomic E-state index is 12.9. The van der Waals surface area contributed by atoms with Gasteiger partial charge in [0.05, 0.1) is 13.0 Å². The molecular formula is C24H30ClNO5. The van der Waals surface area contributed by atoms with E-state index in [0.717, 1.165) is 11.1 Å². The van der Waals surface area contributed by atoms with Gasteiger partial charge in [-0.25, -0.2) is 0 Å². The van der Waals surface area contributed by atoms with E-state index < -0.39 is 29.5 Å². The van der Waals surface area contributed by atoms with Gasteiger partial charge in [-0.1, -0.05) is 41.9 Å². The first-order chi connectivity index (χ1) is 14.6. The highest BCUT2D eigenvalue weighted by atomic mass is 35.5. The van der Waals surface area contributed by atoms with Crippen molar-refractivity contribution in [1.82, 2.24) is 0 Å². The zero-order chi connectivity index (χ0) is 23.0. The summed E-state index contributed by atoms with van der Waals surface area (Å²) in [7, 11) is 1.56. The molecule has 0 aliphatic carbocycles. The van der Waals surface area contributed by atoms with Crippen LogP contribution in [0.2, 0.25) is 5.02 Å². The van der Waals surface area contributed by atoms with E-state index in [1.54, 1.807) is 46.1 Å². The van der Waals surface area contributed by atoms with Crippen LogP contribution in [0.5, 0.6) is 5.75 Å². The summed E-state index contributed by atoms with van der Waals surface area (Å²) in [6, 6.07) is 13.4. The van der Waals surface area contributed by atoms with Crippen molar-refractivity contribution >= 4 is 23.5 Å². The number of halogens is 1. The van der Waals surface area contributed by atoms with Crippen molar-refractivity contribution in [2.45, 2.75) is 51.9 Å². The number of nitrogens with two attached hydrogens (primary N) is 1.